The smallest absolute Gasteiger partial charge is 0.307 e. The van der Waals surface area contributed by atoms with Crippen molar-refractivity contribution < 1.29 is 14.7 Å². The number of nitrogens with one attached hydrogen (secondary N) is 3. The van der Waals surface area contributed by atoms with Crippen LogP contribution in [-0.4, -0.2) is 24.0 Å². The van der Waals surface area contributed by atoms with Crippen molar-refractivity contribution in [2.75, 3.05) is 17.7 Å². The minimum Gasteiger partial charge on any atom is -0.481 e. The number of carbonyl (C=O) groups is 2. The minimum atomic E-state index is -0.892. The van der Waals surface area contributed by atoms with Crippen molar-refractivity contribution >= 4 is 46.1 Å². The van der Waals surface area contributed by atoms with Crippen LogP contribution in [0.5, 0.6) is 0 Å². The molecule has 0 atom stereocenters. The number of anilines is 2. The second kappa shape index (κ2) is 9.26. The van der Waals surface area contributed by atoms with Crippen LogP contribution in [0.25, 0.3) is 11.3 Å². The lowest BCUT2D eigenvalue weighted by atomic mass is 9.98. The van der Waals surface area contributed by atoms with E-state index < -0.39 is 5.97 Å². The SMILES string of the molecule is CNCc1ccc(N/C(=C2\C(=O)Nc3cc(Cl)ccc32)c2ccc(CC(=O)O)cc2)cc1. The summed E-state index contributed by atoms with van der Waals surface area (Å²) in [6.07, 6.45) is -0.0612. The predicted octanol–water partition coefficient (Wildman–Crippen LogP) is 4.62. The van der Waals surface area contributed by atoms with Gasteiger partial charge >= 0.3 is 5.97 Å². The number of amides is 1. The van der Waals surface area contributed by atoms with Gasteiger partial charge in [-0.1, -0.05) is 54.1 Å². The fourth-order valence-corrected chi connectivity index (χ4v) is 3.86. The summed E-state index contributed by atoms with van der Waals surface area (Å²) >= 11 is 6.11. The number of hydrogen-bond acceptors (Lipinski definition) is 4. The fourth-order valence-electron chi connectivity index (χ4n) is 3.69. The van der Waals surface area contributed by atoms with Gasteiger partial charge in [0.2, 0.25) is 0 Å². The summed E-state index contributed by atoms with van der Waals surface area (Å²) in [5.74, 6) is -1.12. The van der Waals surface area contributed by atoms with Gasteiger partial charge in [0.05, 0.1) is 23.4 Å². The van der Waals surface area contributed by atoms with E-state index in [9.17, 15) is 9.59 Å². The van der Waals surface area contributed by atoms with E-state index in [0.717, 1.165) is 28.9 Å². The number of aliphatic carboxylic acids is 1. The molecule has 162 valence electrons. The molecule has 0 radical (unpaired) electrons. The molecule has 0 bridgehead atoms. The number of rotatable bonds is 7. The molecular formula is C25H22ClN3O3. The number of carboxylic acid groups (broad SMARTS) is 1. The third-order valence-corrected chi connectivity index (χ3v) is 5.41. The highest BCUT2D eigenvalue weighted by atomic mass is 35.5. The monoisotopic (exact) mass is 447 g/mol. The zero-order chi connectivity index (χ0) is 22.7. The summed E-state index contributed by atoms with van der Waals surface area (Å²) in [5.41, 5.74) is 5.97. The van der Waals surface area contributed by atoms with Gasteiger partial charge in [-0.05, 0) is 48.0 Å². The van der Waals surface area contributed by atoms with Crippen LogP contribution >= 0.6 is 11.6 Å². The molecule has 32 heavy (non-hydrogen) atoms. The molecule has 3 aromatic rings. The van der Waals surface area contributed by atoms with Crippen LogP contribution in [0.2, 0.25) is 5.02 Å². The van der Waals surface area contributed by atoms with Crippen molar-refractivity contribution in [3.05, 3.63) is 94.0 Å². The maximum absolute atomic E-state index is 13.0. The third kappa shape index (κ3) is 4.66. The lowest BCUT2D eigenvalue weighted by Gasteiger charge is -2.16. The van der Waals surface area contributed by atoms with Crippen LogP contribution in [0.15, 0.2) is 66.7 Å². The summed E-state index contributed by atoms with van der Waals surface area (Å²) in [4.78, 5) is 24.0. The van der Waals surface area contributed by atoms with E-state index in [1.807, 2.05) is 49.5 Å². The summed E-state index contributed by atoms with van der Waals surface area (Å²) < 4.78 is 0. The molecule has 0 fully saturated rings. The van der Waals surface area contributed by atoms with Crippen LogP contribution in [0.3, 0.4) is 0 Å². The molecule has 0 saturated heterocycles. The van der Waals surface area contributed by atoms with Gasteiger partial charge in [-0.15, -0.1) is 0 Å². The highest BCUT2D eigenvalue weighted by Gasteiger charge is 2.28. The molecule has 1 aliphatic rings. The van der Waals surface area contributed by atoms with Gasteiger partial charge < -0.3 is 21.1 Å². The molecule has 4 rings (SSSR count). The van der Waals surface area contributed by atoms with E-state index in [2.05, 4.69) is 16.0 Å². The lowest BCUT2D eigenvalue weighted by molar-refractivity contribution is -0.136. The third-order valence-electron chi connectivity index (χ3n) is 5.18. The Morgan fingerprint density at radius 1 is 1.00 bits per heavy atom. The number of benzene rings is 3. The van der Waals surface area contributed by atoms with Gasteiger partial charge in [-0.3, -0.25) is 9.59 Å². The van der Waals surface area contributed by atoms with E-state index in [1.165, 1.54) is 0 Å². The molecular weight excluding hydrogens is 426 g/mol. The quantitative estimate of drug-likeness (QED) is 0.397. The Morgan fingerprint density at radius 2 is 1.69 bits per heavy atom. The Hall–Kier alpha value is -3.61. The first-order chi connectivity index (χ1) is 15.4. The molecule has 0 aliphatic carbocycles. The molecule has 0 saturated carbocycles. The molecule has 3 aromatic carbocycles. The number of fused-ring (bicyclic) bond motifs is 1. The molecule has 0 unspecified atom stereocenters. The Kier molecular flexibility index (Phi) is 6.25. The van der Waals surface area contributed by atoms with Crippen LogP contribution in [-0.2, 0) is 22.6 Å². The van der Waals surface area contributed by atoms with Gasteiger partial charge in [0.15, 0.2) is 0 Å². The molecule has 0 aromatic heterocycles. The zero-order valence-electron chi connectivity index (χ0n) is 17.4. The predicted molar refractivity (Wildman–Crippen MR) is 128 cm³/mol. The number of halogens is 1. The van der Waals surface area contributed by atoms with Crippen molar-refractivity contribution in [2.24, 2.45) is 0 Å². The molecule has 1 amide bonds. The van der Waals surface area contributed by atoms with Crippen LogP contribution in [0, 0.1) is 0 Å². The Bertz CT molecular complexity index is 1200. The molecule has 0 spiro atoms. The van der Waals surface area contributed by atoms with E-state index in [-0.39, 0.29) is 12.3 Å². The summed E-state index contributed by atoms with van der Waals surface area (Å²) in [5, 5.41) is 19.0. The second-order valence-corrected chi connectivity index (χ2v) is 7.95. The zero-order valence-corrected chi connectivity index (χ0v) is 18.2. The van der Waals surface area contributed by atoms with Gasteiger partial charge in [0.1, 0.15) is 0 Å². The number of carboxylic acids is 1. The Balaban J connectivity index is 1.79. The Morgan fingerprint density at radius 3 is 2.34 bits per heavy atom. The maximum atomic E-state index is 13.0. The minimum absolute atomic E-state index is 0.0612. The van der Waals surface area contributed by atoms with Crippen molar-refractivity contribution in [3.8, 4) is 0 Å². The van der Waals surface area contributed by atoms with E-state index in [1.54, 1.807) is 24.3 Å². The normalized spacial score (nSPS) is 14.0. The molecule has 1 heterocycles. The number of carbonyl (C=O) groups excluding carboxylic acids is 1. The largest absolute Gasteiger partial charge is 0.481 e. The van der Waals surface area contributed by atoms with Crippen molar-refractivity contribution in [1.82, 2.24) is 5.32 Å². The lowest BCUT2D eigenvalue weighted by Crippen LogP contribution is -2.10. The first kappa shape index (κ1) is 21.6. The molecule has 1 aliphatic heterocycles. The first-order valence-electron chi connectivity index (χ1n) is 10.1. The van der Waals surface area contributed by atoms with Gasteiger partial charge in [0.25, 0.3) is 5.91 Å². The van der Waals surface area contributed by atoms with Gasteiger partial charge in [0, 0.05) is 22.8 Å². The molecule has 7 heteroatoms. The highest BCUT2D eigenvalue weighted by molar-refractivity contribution is 6.38. The summed E-state index contributed by atoms with van der Waals surface area (Å²) in [6, 6.07) is 20.4. The van der Waals surface area contributed by atoms with Gasteiger partial charge in [-0.25, -0.2) is 0 Å². The summed E-state index contributed by atoms with van der Waals surface area (Å²) in [7, 11) is 1.89. The average Bonchev–Trinajstić information content (AvgIpc) is 3.08. The maximum Gasteiger partial charge on any atom is 0.307 e. The standard InChI is InChI=1S/C25H22ClN3O3/c1-27-14-16-4-9-19(10-5-16)28-24(17-6-2-15(3-7-17)12-22(30)31)23-20-11-8-18(26)13-21(20)29-25(23)32/h2-11,13,27-28H,12,14H2,1H3,(H,29,32)(H,30,31)/b24-23-. The topological polar surface area (TPSA) is 90.5 Å². The Labute approximate surface area is 190 Å². The van der Waals surface area contributed by atoms with E-state index in [4.69, 9.17) is 16.7 Å². The van der Waals surface area contributed by atoms with Crippen molar-refractivity contribution in [2.45, 2.75) is 13.0 Å². The first-order valence-corrected chi connectivity index (χ1v) is 10.5. The molecule has 4 N–H and O–H groups in total. The van der Waals surface area contributed by atoms with Crippen LogP contribution < -0.4 is 16.0 Å². The second-order valence-electron chi connectivity index (χ2n) is 7.51. The van der Waals surface area contributed by atoms with Crippen molar-refractivity contribution in [1.29, 1.82) is 0 Å². The van der Waals surface area contributed by atoms with E-state index in [0.29, 0.717) is 27.5 Å². The average molecular weight is 448 g/mol. The fraction of sp³-hybridized carbons (Fsp3) is 0.120. The highest BCUT2D eigenvalue weighted by Crippen LogP contribution is 2.38. The molecule has 6 nitrogen and oxygen atoms in total. The van der Waals surface area contributed by atoms with Crippen LogP contribution in [0.4, 0.5) is 11.4 Å². The van der Waals surface area contributed by atoms with Crippen LogP contribution in [0.1, 0.15) is 22.3 Å². The van der Waals surface area contributed by atoms with Crippen molar-refractivity contribution in [3.63, 3.8) is 0 Å². The van der Waals surface area contributed by atoms with E-state index >= 15 is 0 Å². The van der Waals surface area contributed by atoms with Gasteiger partial charge in [-0.2, -0.15) is 0 Å². The summed E-state index contributed by atoms with van der Waals surface area (Å²) in [6.45, 7) is 0.760. The number of hydrogen-bond donors (Lipinski definition) is 4.